The van der Waals surface area contributed by atoms with E-state index in [0.29, 0.717) is 18.5 Å². The number of nitrogens with zero attached hydrogens (tertiary/aromatic N) is 2. The zero-order valence-corrected chi connectivity index (χ0v) is 10.2. The van der Waals surface area contributed by atoms with Gasteiger partial charge in [-0.05, 0) is 24.7 Å². The van der Waals surface area contributed by atoms with Crippen LogP contribution in [0.4, 0.5) is 5.69 Å². The quantitative estimate of drug-likeness (QED) is 0.782. The van der Waals surface area contributed by atoms with Crippen LogP contribution in [0.2, 0.25) is 0 Å². The summed E-state index contributed by atoms with van der Waals surface area (Å²) in [5.74, 6) is 0.0426. The predicted molar refractivity (Wildman–Crippen MR) is 67.7 cm³/mol. The molecule has 4 heteroatoms. The first-order valence-corrected chi connectivity index (χ1v) is 5.66. The molecule has 0 radical (unpaired) electrons. The van der Waals surface area contributed by atoms with Crippen molar-refractivity contribution in [3.8, 4) is 6.07 Å². The van der Waals surface area contributed by atoms with Crippen LogP contribution in [0.3, 0.4) is 0 Å². The van der Waals surface area contributed by atoms with Gasteiger partial charge in [-0.3, -0.25) is 4.79 Å². The summed E-state index contributed by atoms with van der Waals surface area (Å²) in [5, 5.41) is 11.9. The molecule has 1 N–H and O–H groups in total. The van der Waals surface area contributed by atoms with Crippen LogP contribution in [0.25, 0.3) is 0 Å². The number of carbonyl (C=O) groups excluding carboxylic acids is 1. The van der Waals surface area contributed by atoms with Gasteiger partial charge in [0, 0.05) is 25.7 Å². The lowest BCUT2D eigenvalue weighted by Gasteiger charge is -2.17. The minimum Gasteiger partial charge on any atom is -0.316 e. The van der Waals surface area contributed by atoms with Crippen molar-refractivity contribution in [1.29, 1.82) is 5.26 Å². The Balaban J connectivity index is 2.65. The molecule has 1 aromatic rings. The van der Waals surface area contributed by atoms with Crippen LogP contribution in [0.1, 0.15) is 18.9 Å². The molecule has 0 saturated carbocycles. The lowest BCUT2D eigenvalue weighted by Crippen LogP contribution is -2.29. The predicted octanol–water partition coefficient (Wildman–Crippen LogP) is 1.52. The minimum absolute atomic E-state index is 0.0426. The maximum Gasteiger partial charge on any atom is 0.227 e. The first-order chi connectivity index (χ1) is 8.19. The molecule has 0 spiro atoms. The van der Waals surface area contributed by atoms with E-state index in [1.54, 1.807) is 30.1 Å². The molecule has 1 aromatic carbocycles. The summed E-state index contributed by atoms with van der Waals surface area (Å²) in [5.41, 5.74) is 1.32. The van der Waals surface area contributed by atoms with Crippen LogP contribution in [0.15, 0.2) is 24.3 Å². The fraction of sp³-hybridized carbons (Fsp3) is 0.385. The lowest BCUT2D eigenvalue weighted by atomic mass is 10.2. The summed E-state index contributed by atoms with van der Waals surface area (Å²) in [7, 11) is 1.73. The Morgan fingerprint density at radius 1 is 1.53 bits per heavy atom. The molecule has 0 heterocycles. The number of amides is 1. The third-order valence-corrected chi connectivity index (χ3v) is 2.50. The highest BCUT2D eigenvalue weighted by Crippen LogP contribution is 2.14. The van der Waals surface area contributed by atoms with Crippen molar-refractivity contribution in [3.63, 3.8) is 0 Å². The van der Waals surface area contributed by atoms with E-state index >= 15 is 0 Å². The Morgan fingerprint density at radius 3 is 2.94 bits per heavy atom. The monoisotopic (exact) mass is 231 g/mol. The lowest BCUT2D eigenvalue weighted by molar-refractivity contribution is -0.118. The molecule has 0 aliphatic carbocycles. The van der Waals surface area contributed by atoms with E-state index in [1.165, 1.54) is 0 Å². The third kappa shape index (κ3) is 3.89. The second-order valence-electron chi connectivity index (χ2n) is 3.72. The molecule has 4 nitrogen and oxygen atoms in total. The van der Waals surface area contributed by atoms with Crippen molar-refractivity contribution in [2.45, 2.75) is 13.3 Å². The highest BCUT2D eigenvalue weighted by molar-refractivity contribution is 5.93. The summed E-state index contributed by atoms with van der Waals surface area (Å²) < 4.78 is 0. The van der Waals surface area contributed by atoms with Gasteiger partial charge in [0.1, 0.15) is 0 Å². The van der Waals surface area contributed by atoms with Gasteiger partial charge >= 0.3 is 0 Å². The van der Waals surface area contributed by atoms with Crippen molar-refractivity contribution in [1.82, 2.24) is 5.32 Å². The second kappa shape index (κ2) is 6.66. The standard InChI is InChI=1S/C13H17N3O/c1-3-15-8-7-13(17)16(2)12-6-4-5-11(9-12)10-14/h4-6,9,15H,3,7-8H2,1-2H3. The molecule has 1 amide bonds. The van der Waals surface area contributed by atoms with E-state index in [4.69, 9.17) is 5.26 Å². The van der Waals surface area contributed by atoms with Gasteiger partial charge in [0.2, 0.25) is 5.91 Å². The number of hydrogen-bond acceptors (Lipinski definition) is 3. The van der Waals surface area contributed by atoms with Gasteiger partial charge in [0.05, 0.1) is 11.6 Å². The molecule has 1 rings (SSSR count). The zero-order valence-electron chi connectivity index (χ0n) is 10.2. The van der Waals surface area contributed by atoms with Crippen LogP contribution in [-0.4, -0.2) is 26.0 Å². The smallest absolute Gasteiger partial charge is 0.227 e. The van der Waals surface area contributed by atoms with Gasteiger partial charge in [-0.1, -0.05) is 13.0 Å². The average Bonchev–Trinajstić information content (AvgIpc) is 2.38. The number of hydrogen-bond donors (Lipinski definition) is 1. The summed E-state index contributed by atoms with van der Waals surface area (Å²) in [6, 6.07) is 9.10. The topological polar surface area (TPSA) is 56.1 Å². The van der Waals surface area contributed by atoms with Crippen LogP contribution >= 0.6 is 0 Å². The Morgan fingerprint density at radius 2 is 2.29 bits per heavy atom. The maximum absolute atomic E-state index is 11.8. The van der Waals surface area contributed by atoms with Crippen molar-refractivity contribution in [2.24, 2.45) is 0 Å². The van der Waals surface area contributed by atoms with Gasteiger partial charge in [-0.25, -0.2) is 0 Å². The summed E-state index contributed by atoms with van der Waals surface area (Å²) in [6.45, 7) is 3.54. The van der Waals surface area contributed by atoms with Crippen LogP contribution < -0.4 is 10.2 Å². The summed E-state index contributed by atoms with van der Waals surface area (Å²) >= 11 is 0. The highest BCUT2D eigenvalue weighted by Gasteiger charge is 2.10. The molecule has 0 saturated heterocycles. The number of nitriles is 1. The van der Waals surface area contributed by atoms with E-state index in [2.05, 4.69) is 11.4 Å². The highest BCUT2D eigenvalue weighted by atomic mass is 16.2. The van der Waals surface area contributed by atoms with E-state index in [9.17, 15) is 4.79 Å². The Labute approximate surface area is 102 Å². The fourth-order valence-corrected chi connectivity index (χ4v) is 1.47. The van der Waals surface area contributed by atoms with E-state index < -0.39 is 0 Å². The molecular weight excluding hydrogens is 214 g/mol. The fourth-order valence-electron chi connectivity index (χ4n) is 1.47. The van der Waals surface area contributed by atoms with Crippen molar-refractivity contribution in [3.05, 3.63) is 29.8 Å². The third-order valence-electron chi connectivity index (χ3n) is 2.50. The SMILES string of the molecule is CCNCCC(=O)N(C)c1cccc(C#N)c1. The normalized spacial score (nSPS) is 9.71. The second-order valence-corrected chi connectivity index (χ2v) is 3.72. The number of benzene rings is 1. The largest absolute Gasteiger partial charge is 0.316 e. The Kier molecular flexibility index (Phi) is 5.18. The molecule has 0 unspecified atom stereocenters. The molecule has 17 heavy (non-hydrogen) atoms. The number of rotatable bonds is 5. The van der Waals surface area contributed by atoms with Gasteiger partial charge < -0.3 is 10.2 Å². The number of anilines is 1. The van der Waals surface area contributed by atoms with Crippen LogP contribution in [0.5, 0.6) is 0 Å². The van der Waals surface area contributed by atoms with Gasteiger partial charge in [0.25, 0.3) is 0 Å². The van der Waals surface area contributed by atoms with E-state index in [0.717, 1.165) is 12.2 Å². The molecule has 0 aliphatic rings. The Bertz CT molecular complexity index is 423. The first-order valence-electron chi connectivity index (χ1n) is 5.66. The molecule has 0 fully saturated rings. The average molecular weight is 231 g/mol. The number of carbonyl (C=O) groups is 1. The molecule has 0 bridgehead atoms. The molecule has 90 valence electrons. The molecule has 0 aromatic heterocycles. The first kappa shape index (κ1) is 13.2. The molecule has 0 aliphatic heterocycles. The molecular formula is C13H17N3O. The van der Waals surface area contributed by atoms with Crippen LogP contribution in [0, 0.1) is 11.3 Å². The van der Waals surface area contributed by atoms with Gasteiger partial charge in [-0.2, -0.15) is 5.26 Å². The summed E-state index contributed by atoms with van der Waals surface area (Å²) in [6.07, 6.45) is 0.459. The summed E-state index contributed by atoms with van der Waals surface area (Å²) in [4.78, 5) is 13.4. The zero-order chi connectivity index (χ0) is 12.7. The van der Waals surface area contributed by atoms with Gasteiger partial charge in [0.15, 0.2) is 0 Å². The van der Waals surface area contributed by atoms with E-state index in [-0.39, 0.29) is 5.91 Å². The van der Waals surface area contributed by atoms with Gasteiger partial charge in [-0.15, -0.1) is 0 Å². The maximum atomic E-state index is 11.8. The number of nitrogens with one attached hydrogen (secondary N) is 1. The van der Waals surface area contributed by atoms with Crippen molar-refractivity contribution >= 4 is 11.6 Å². The minimum atomic E-state index is 0.0426. The molecule has 0 atom stereocenters. The van der Waals surface area contributed by atoms with Crippen molar-refractivity contribution < 1.29 is 4.79 Å². The Hall–Kier alpha value is -1.86. The van der Waals surface area contributed by atoms with Crippen molar-refractivity contribution in [2.75, 3.05) is 25.0 Å². The van der Waals surface area contributed by atoms with E-state index in [1.807, 2.05) is 13.0 Å². The van der Waals surface area contributed by atoms with Crippen LogP contribution in [-0.2, 0) is 4.79 Å².